The molecule has 0 atom stereocenters. The van der Waals surface area contributed by atoms with E-state index < -0.39 is 0 Å². The molecule has 2 N–H and O–H groups in total. The van der Waals surface area contributed by atoms with Gasteiger partial charge in [-0.25, -0.2) is 4.68 Å². The molecule has 3 aromatic rings. The molecule has 2 heterocycles. The molecule has 0 unspecified atom stereocenters. The van der Waals surface area contributed by atoms with Gasteiger partial charge < -0.3 is 15.5 Å². The molecular weight excluding hydrogens is 426 g/mol. The zero-order valence-corrected chi connectivity index (χ0v) is 18.7. The van der Waals surface area contributed by atoms with Crippen LogP contribution in [-0.2, 0) is 9.59 Å². The van der Waals surface area contributed by atoms with Crippen LogP contribution in [0.1, 0.15) is 17.0 Å². The van der Waals surface area contributed by atoms with Crippen molar-refractivity contribution in [2.45, 2.75) is 13.8 Å². The van der Waals surface area contributed by atoms with Gasteiger partial charge in [0.2, 0.25) is 11.8 Å². The Hall–Kier alpha value is -3.58. The minimum atomic E-state index is -0.266. The van der Waals surface area contributed by atoms with Crippen molar-refractivity contribution in [3.8, 4) is 5.69 Å². The molecule has 0 saturated carbocycles. The number of aryl methyl sites for hydroxylation is 1. The van der Waals surface area contributed by atoms with Crippen LogP contribution in [0.2, 0.25) is 5.02 Å². The predicted octanol–water partition coefficient (Wildman–Crippen LogP) is 3.73. The predicted molar refractivity (Wildman–Crippen MR) is 127 cm³/mol. The van der Waals surface area contributed by atoms with Crippen molar-refractivity contribution in [1.82, 2.24) is 15.1 Å². The molecule has 4 rings (SSSR count). The molecule has 2 amide bonds. The maximum atomic E-state index is 12.5. The third kappa shape index (κ3) is 4.68. The van der Waals surface area contributed by atoms with Gasteiger partial charge in [0.15, 0.2) is 0 Å². The van der Waals surface area contributed by atoms with Crippen molar-refractivity contribution in [2.24, 2.45) is 0 Å². The first kappa shape index (κ1) is 21.6. The minimum Gasteiger partial charge on any atom is -0.359 e. The highest BCUT2D eigenvalue weighted by molar-refractivity contribution is 6.33. The zero-order valence-electron chi connectivity index (χ0n) is 17.9. The molecule has 0 bridgehead atoms. The van der Waals surface area contributed by atoms with Crippen LogP contribution in [-0.4, -0.2) is 41.2 Å². The molecule has 1 aliphatic heterocycles. The lowest BCUT2D eigenvalue weighted by Crippen LogP contribution is -2.47. The van der Waals surface area contributed by atoms with Crippen LogP contribution in [0.25, 0.3) is 11.8 Å². The van der Waals surface area contributed by atoms with E-state index in [0.29, 0.717) is 23.8 Å². The fraction of sp³-hybridized carbons (Fsp3) is 0.208. The molecule has 0 aliphatic carbocycles. The second kappa shape index (κ2) is 9.28. The molecule has 1 saturated heterocycles. The van der Waals surface area contributed by atoms with Crippen molar-refractivity contribution < 1.29 is 9.59 Å². The number of hydrogen-bond acceptors (Lipinski definition) is 4. The highest BCUT2D eigenvalue weighted by Gasteiger charge is 2.19. The van der Waals surface area contributed by atoms with Crippen molar-refractivity contribution in [2.75, 3.05) is 29.9 Å². The topological polar surface area (TPSA) is 79.3 Å². The Morgan fingerprint density at radius 2 is 1.97 bits per heavy atom. The highest BCUT2D eigenvalue weighted by atomic mass is 35.5. The number of piperazine rings is 1. The van der Waals surface area contributed by atoms with Crippen LogP contribution in [0.15, 0.2) is 54.6 Å². The minimum absolute atomic E-state index is 0.0315. The molecule has 2 aromatic carbocycles. The Bertz CT molecular complexity index is 1190. The number of aromatic nitrogens is 2. The molecule has 1 aliphatic rings. The first-order valence-corrected chi connectivity index (χ1v) is 10.7. The average molecular weight is 450 g/mol. The Morgan fingerprint density at radius 1 is 1.19 bits per heavy atom. The molecular formula is C24H24ClN5O2. The van der Waals surface area contributed by atoms with Crippen LogP contribution in [0.4, 0.5) is 11.4 Å². The quantitative estimate of drug-likeness (QED) is 0.582. The van der Waals surface area contributed by atoms with E-state index in [2.05, 4.69) is 15.7 Å². The Labute approximate surface area is 191 Å². The summed E-state index contributed by atoms with van der Waals surface area (Å²) in [5, 5.41) is 10.7. The maximum Gasteiger partial charge on any atom is 0.248 e. The fourth-order valence-electron chi connectivity index (χ4n) is 3.74. The van der Waals surface area contributed by atoms with Gasteiger partial charge >= 0.3 is 0 Å². The normalized spacial score (nSPS) is 14.0. The summed E-state index contributed by atoms with van der Waals surface area (Å²) < 4.78 is 1.87. The molecule has 8 heteroatoms. The summed E-state index contributed by atoms with van der Waals surface area (Å²) in [6, 6.07) is 15.2. The largest absolute Gasteiger partial charge is 0.359 e. The van der Waals surface area contributed by atoms with Crippen LogP contribution in [0, 0.1) is 13.8 Å². The molecule has 1 aromatic heterocycles. The Morgan fingerprint density at radius 3 is 2.69 bits per heavy atom. The monoisotopic (exact) mass is 449 g/mol. The van der Waals surface area contributed by atoms with E-state index in [0.717, 1.165) is 28.3 Å². The molecule has 32 heavy (non-hydrogen) atoms. The Kier molecular flexibility index (Phi) is 6.28. The first-order chi connectivity index (χ1) is 15.4. The maximum absolute atomic E-state index is 12.5. The molecule has 7 nitrogen and oxygen atoms in total. The van der Waals surface area contributed by atoms with Crippen molar-refractivity contribution >= 4 is 40.9 Å². The summed E-state index contributed by atoms with van der Waals surface area (Å²) in [6.07, 6.45) is 3.26. The number of nitrogens with zero attached hydrogens (tertiary/aromatic N) is 3. The van der Waals surface area contributed by atoms with E-state index in [9.17, 15) is 9.59 Å². The van der Waals surface area contributed by atoms with Gasteiger partial charge in [0.1, 0.15) is 0 Å². The standard InChI is InChI=1S/C24H24ClN5O2/c1-16-20(17(2)30(28-16)19-6-4-3-5-7-19)9-11-23(31)27-18-8-10-22(21(25)14-18)29-13-12-26-24(32)15-29/h3-11,14H,12-13,15H2,1-2H3,(H,26,32)(H,27,31)/b11-9+. The van der Waals surface area contributed by atoms with E-state index in [-0.39, 0.29) is 18.4 Å². The van der Waals surface area contributed by atoms with Gasteiger partial charge in [-0.15, -0.1) is 0 Å². The number of benzene rings is 2. The van der Waals surface area contributed by atoms with Crippen molar-refractivity contribution in [3.63, 3.8) is 0 Å². The lowest BCUT2D eigenvalue weighted by Gasteiger charge is -2.29. The lowest BCUT2D eigenvalue weighted by atomic mass is 10.1. The molecule has 0 radical (unpaired) electrons. The summed E-state index contributed by atoms with van der Waals surface area (Å²) in [7, 11) is 0. The number of hydrogen-bond donors (Lipinski definition) is 2. The summed E-state index contributed by atoms with van der Waals surface area (Å²) in [5.41, 5.74) is 5.03. The first-order valence-electron chi connectivity index (χ1n) is 10.3. The molecule has 1 fully saturated rings. The summed E-state index contributed by atoms with van der Waals surface area (Å²) >= 11 is 6.42. The van der Waals surface area contributed by atoms with E-state index in [4.69, 9.17) is 11.6 Å². The smallest absolute Gasteiger partial charge is 0.248 e. The van der Waals surface area contributed by atoms with Crippen LogP contribution < -0.4 is 15.5 Å². The highest BCUT2D eigenvalue weighted by Crippen LogP contribution is 2.29. The lowest BCUT2D eigenvalue weighted by molar-refractivity contribution is -0.120. The third-order valence-corrected chi connectivity index (χ3v) is 5.65. The van der Waals surface area contributed by atoms with Gasteiger partial charge in [0, 0.05) is 36.1 Å². The fourth-order valence-corrected chi connectivity index (χ4v) is 4.04. The van der Waals surface area contributed by atoms with E-state index in [1.54, 1.807) is 18.2 Å². The second-order valence-corrected chi connectivity index (χ2v) is 8.00. The zero-order chi connectivity index (χ0) is 22.7. The number of para-hydroxylation sites is 1. The van der Waals surface area contributed by atoms with Crippen LogP contribution in [0.3, 0.4) is 0 Å². The number of halogens is 1. The summed E-state index contributed by atoms with van der Waals surface area (Å²) in [6.45, 7) is 5.43. The van der Waals surface area contributed by atoms with E-state index in [1.807, 2.05) is 59.8 Å². The second-order valence-electron chi connectivity index (χ2n) is 7.59. The van der Waals surface area contributed by atoms with Gasteiger partial charge in [0.05, 0.1) is 28.6 Å². The molecule has 164 valence electrons. The van der Waals surface area contributed by atoms with Crippen molar-refractivity contribution in [3.05, 3.63) is 76.6 Å². The summed E-state index contributed by atoms with van der Waals surface area (Å²) in [5.74, 6) is -0.298. The average Bonchev–Trinajstić information content (AvgIpc) is 3.06. The number of anilines is 2. The van der Waals surface area contributed by atoms with Crippen LogP contribution in [0.5, 0.6) is 0 Å². The Balaban J connectivity index is 1.46. The number of carbonyl (C=O) groups is 2. The van der Waals surface area contributed by atoms with Crippen LogP contribution >= 0.6 is 11.6 Å². The number of carbonyl (C=O) groups excluding carboxylic acids is 2. The SMILES string of the molecule is Cc1nn(-c2ccccc2)c(C)c1/C=C/C(=O)Nc1ccc(N2CCNC(=O)C2)c(Cl)c1. The summed E-state index contributed by atoms with van der Waals surface area (Å²) in [4.78, 5) is 26.0. The van der Waals surface area contributed by atoms with Gasteiger partial charge in [0.25, 0.3) is 0 Å². The number of amides is 2. The third-order valence-electron chi connectivity index (χ3n) is 5.34. The number of rotatable bonds is 5. The van der Waals surface area contributed by atoms with Crippen molar-refractivity contribution in [1.29, 1.82) is 0 Å². The van der Waals surface area contributed by atoms with Gasteiger partial charge in [-0.2, -0.15) is 5.10 Å². The van der Waals surface area contributed by atoms with Gasteiger partial charge in [-0.05, 0) is 50.3 Å². The molecule has 0 spiro atoms. The van der Waals surface area contributed by atoms with E-state index in [1.165, 1.54) is 6.08 Å². The van der Waals surface area contributed by atoms with Gasteiger partial charge in [-0.1, -0.05) is 29.8 Å². The van der Waals surface area contributed by atoms with Gasteiger partial charge in [-0.3, -0.25) is 9.59 Å². The van der Waals surface area contributed by atoms with E-state index >= 15 is 0 Å². The number of nitrogens with one attached hydrogen (secondary N) is 2.